The van der Waals surface area contributed by atoms with Crippen molar-refractivity contribution in [3.8, 4) is 17.4 Å². The van der Waals surface area contributed by atoms with Gasteiger partial charge in [-0.3, -0.25) is 9.69 Å². The summed E-state index contributed by atoms with van der Waals surface area (Å²) in [5.74, 6) is 1.47. The number of benzene rings is 2. The number of piperazine rings is 1. The van der Waals surface area contributed by atoms with Gasteiger partial charge in [0.05, 0.1) is 52.5 Å². The molecule has 238 valence electrons. The third-order valence-electron chi connectivity index (χ3n) is 8.03. The first-order valence-electron chi connectivity index (χ1n) is 15.0. The summed E-state index contributed by atoms with van der Waals surface area (Å²) in [6.07, 6.45) is 1.95. The van der Waals surface area contributed by atoms with Gasteiger partial charge in [0, 0.05) is 42.9 Å². The Kier molecular flexibility index (Phi) is 10.9. The fraction of sp³-hybridized carbons (Fsp3) is 0.382. The summed E-state index contributed by atoms with van der Waals surface area (Å²) >= 11 is 0. The van der Waals surface area contributed by atoms with Gasteiger partial charge in [-0.2, -0.15) is 0 Å². The Morgan fingerprint density at radius 1 is 0.933 bits per heavy atom. The molecule has 0 saturated carbocycles. The van der Waals surface area contributed by atoms with Crippen LogP contribution in [0.1, 0.15) is 29.5 Å². The molecule has 1 fully saturated rings. The standard InChI is InChI=1S/C34H39N3O8/c1-41-30-10-5-3-8-23(30)16-33(38)45-22-28-27(17-26-19-35-20-29(28)37(26)34(39)40)24-12-13-32(36-18-24)44-15-7-14-43-21-25-9-4-6-11-31(25)42-2/h3-6,8-13,18,26,29,35H,7,14-17,19-22H2,1-2H3,(H,39,40)/t26-,29-/m1/s1. The smallest absolute Gasteiger partial charge is 0.408 e. The second-order valence-electron chi connectivity index (χ2n) is 10.8. The van der Waals surface area contributed by atoms with Crippen LogP contribution in [0.2, 0.25) is 0 Å². The van der Waals surface area contributed by atoms with E-state index in [1.54, 1.807) is 32.5 Å². The van der Waals surface area contributed by atoms with Crippen LogP contribution in [0.4, 0.5) is 4.79 Å². The van der Waals surface area contributed by atoms with Crippen molar-refractivity contribution in [2.24, 2.45) is 0 Å². The van der Waals surface area contributed by atoms with Crippen molar-refractivity contribution in [1.82, 2.24) is 15.2 Å². The maximum atomic E-state index is 12.9. The van der Waals surface area contributed by atoms with Gasteiger partial charge in [0.15, 0.2) is 0 Å². The molecule has 3 aromatic rings. The Morgan fingerprint density at radius 3 is 2.38 bits per heavy atom. The minimum absolute atomic E-state index is 0.0285. The van der Waals surface area contributed by atoms with E-state index in [4.69, 9.17) is 23.7 Å². The molecule has 0 radical (unpaired) electrons. The third kappa shape index (κ3) is 7.92. The number of carbonyl (C=O) groups excluding carboxylic acids is 1. The number of aromatic nitrogens is 1. The SMILES string of the molecule is COc1ccccc1COCCCOc1ccc(C2=C(COC(=O)Cc3ccccc3OC)[C@H]3CNC[C@@H](C2)N3C(=O)O)cn1. The Hall–Kier alpha value is -4.61. The van der Waals surface area contributed by atoms with E-state index in [1.165, 1.54) is 4.90 Å². The molecule has 2 N–H and O–H groups in total. The normalized spacial score (nSPS) is 17.5. The van der Waals surface area contributed by atoms with Crippen LogP contribution in [0.5, 0.6) is 17.4 Å². The maximum absolute atomic E-state index is 12.9. The second kappa shape index (κ2) is 15.4. The highest BCUT2D eigenvalue weighted by Crippen LogP contribution is 2.37. The second-order valence-corrected chi connectivity index (χ2v) is 10.8. The molecule has 11 heteroatoms. The fourth-order valence-corrected chi connectivity index (χ4v) is 5.84. The molecule has 1 amide bonds. The number of amides is 1. The van der Waals surface area contributed by atoms with E-state index in [9.17, 15) is 14.7 Å². The lowest BCUT2D eigenvalue weighted by Crippen LogP contribution is -2.62. The molecule has 5 rings (SSSR count). The third-order valence-corrected chi connectivity index (χ3v) is 8.03. The summed E-state index contributed by atoms with van der Waals surface area (Å²) in [6.45, 7) is 2.37. The molecule has 11 nitrogen and oxygen atoms in total. The minimum Gasteiger partial charge on any atom is -0.496 e. The van der Waals surface area contributed by atoms with Crippen LogP contribution in [0, 0.1) is 0 Å². The van der Waals surface area contributed by atoms with Crippen LogP contribution < -0.4 is 19.5 Å². The first-order chi connectivity index (χ1) is 22.0. The molecule has 1 aromatic heterocycles. The van der Waals surface area contributed by atoms with Gasteiger partial charge in [0.2, 0.25) is 5.88 Å². The van der Waals surface area contributed by atoms with Crippen LogP contribution in [-0.2, 0) is 27.3 Å². The van der Waals surface area contributed by atoms with E-state index in [0.29, 0.717) is 57.4 Å². The summed E-state index contributed by atoms with van der Waals surface area (Å²) in [7, 11) is 3.20. The summed E-state index contributed by atoms with van der Waals surface area (Å²) < 4.78 is 28.1. The average Bonchev–Trinajstić information content (AvgIpc) is 3.06. The highest BCUT2D eigenvalue weighted by Gasteiger charge is 2.42. The summed E-state index contributed by atoms with van der Waals surface area (Å²) in [5.41, 5.74) is 4.25. The number of para-hydroxylation sites is 2. The van der Waals surface area contributed by atoms with Crippen molar-refractivity contribution in [2.45, 2.75) is 38.0 Å². The summed E-state index contributed by atoms with van der Waals surface area (Å²) in [5, 5.41) is 13.3. The van der Waals surface area contributed by atoms with Gasteiger partial charge in [0.1, 0.15) is 18.1 Å². The van der Waals surface area contributed by atoms with E-state index in [0.717, 1.165) is 33.6 Å². The molecule has 2 aromatic carbocycles. The molecular weight excluding hydrogens is 578 g/mol. The van der Waals surface area contributed by atoms with Gasteiger partial charge in [-0.15, -0.1) is 0 Å². The maximum Gasteiger partial charge on any atom is 0.408 e. The number of nitrogens with one attached hydrogen (secondary N) is 1. The number of pyridine rings is 1. The molecule has 1 saturated heterocycles. The number of fused-ring (bicyclic) bond motifs is 2. The van der Waals surface area contributed by atoms with Gasteiger partial charge in [-0.1, -0.05) is 36.4 Å². The fourth-order valence-electron chi connectivity index (χ4n) is 5.84. The van der Waals surface area contributed by atoms with Gasteiger partial charge in [0.25, 0.3) is 0 Å². The van der Waals surface area contributed by atoms with Crippen LogP contribution in [-0.4, -0.2) is 86.3 Å². The Bertz CT molecular complexity index is 1490. The van der Waals surface area contributed by atoms with Crippen LogP contribution in [0.25, 0.3) is 5.57 Å². The highest BCUT2D eigenvalue weighted by atomic mass is 16.5. The Morgan fingerprint density at radius 2 is 1.67 bits per heavy atom. The number of rotatable bonds is 14. The predicted octanol–water partition coefficient (Wildman–Crippen LogP) is 4.35. The van der Waals surface area contributed by atoms with Gasteiger partial charge in [-0.05, 0) is 41.3 Å². The van der Waals surface area contributed by atoms with Crippen LogP contribution in [0.3, 0.4) is 0 Å². The predicted molar refractivity (Wildman–Crippen MR) is 167 cm³/mol. The Labute approximate surface area is 262 Å². The number of hydrogen-bond donors (Lipinski definition) is 2. The number of ether oxygens (including phenoxy) is 5. The minimum atomic E-state index is -0.989. The molecule has 0 spiro atoms. The van der Waals surface area contributed by atoms with E-state index < -0.39 is 18.1 Å². The monoisotopic (exact) mass is 617 g/mol. The van der Waals surface area contributed by atoms with Gasteiger partial charge >= 0.3 is 12.1 Å². The van der Waals surface area contributed by atoms with Gasteiger partial charge < -0.3 is 34.1 Å². The quantitative estimate of drug-likeness (QED) is 0.199. The number of carbonyl (C=O) groups is 2. The van der Waals surface area contributed by atoms with E-state index in [-0.39, 0.29) is 19.1 Å². The zero-order valence-electron chi connectivity index (χ0n) is 25.6. The number of carboxylic acid groups (broad SMARTS) is 1. The molecule has 0 unspecified atom stereocenters. The van der Waals surface area contributed by atoms with Gasteiger partial charge in [-0.25, -0.2) is 9.78 Å². The molecule has 3 heterocycles. The largest absolute Gasteiger partial charge is 0.496 e. The van der Waals surface area contributed by atoms with Crippen LogP contribution in [0.15, 0.2) is 72.4 Å². The van der Waals surface area contributed by atoms with E-state index in [1.807, 2.05) is 48.5 Å². The number of hydrogen-bond acceptors (Lipinski definition) is 9. The first kappa shape index (κ1) is 31.8. The zero-order chi connectivity index (χ0) is 31.6. The van der Waals surface area contributed by atoms with Crippen molar-refractivity contribution in [2.75, 3.05) is 47.1 Å². The lowest BCUT2D eigenvalue weighted by Gasteiger charge is -2.46. The lowest BCUT2D eigenvalue weighted by atomic mass is 9.83. The molecular formula is C34H39N3O8. The number of methoxy groups -OCH3 is 2. The van der Waals surface area contributed by atoms with E-state index in [2.05, 4.69) is 10.3 Å². The zero-order valence-corrected chi connectivity index (χ0v) is 25.6. The summed E-state index contributed by atoms with van der Waals surface area (Å²) in [4.78, 5) is 31.1. The molecule has 0 aliphatic carbocycles. The molecule has 2 aliphatic rings. The van der Waals surface area contributed by atoms with Crippen molar-refractivity contribution in [1.29, 1.82) is 0 Å². The molecule has 2 aliphatic heterocycles. The molecule has 2 atom stereocenters. The topological polar surface area (TPSA) is 129 Å². The van der Waals surface area contributed by atoms with Crippen molar-refractivity contribution in [3.05, 3.63) is 89.1 Å². The first-order valence-corrected chi connectivity index (χ1v) is 15.0. The van der Waals surface area contributed by atoms with Crippen LogP contribution >= 0.6 is 0 Å². The number of nitrogens with zero attached hydrogens (tertiary/aromatic N) is 2. The summed E-state index contributed by atoms with van der Waals surface area (Å²) in [6, 6.07) is 18.1. The number of esters is 1. The Balaban J connectivity index is 1.22. The lowest BCUT2D eigenvalue weighted by molar-refractivity contribution is -0.142. The average molecular weight is 618 g/mol. The molecule has 45 heavy (non-hydrogen) atoms. The molecule has 2 bridgehead atoms. The van der Waals surface area contributed by atoms with E-state index >= 15 is 0 Å². The van der Waals surface area contributed by atoms with Crippen molar-refractivity contribution in [3.63, 3.8) is 0 Å². The van der Waals surface area contributed by atoms with Crippen molar-refractivity contribution < 1.29 is 38.4 Å². The van der Waals surface area contributed by atoms with Crippen molar-refractivity contribution >= 4 is 17.6 Å². The highest BCUT2D eigenvalue weighted by molar-refractivity contribution is 5.78.